The van der Waals surface area contributed by atoms with Gasteiger partial charge in [-0.25, -0.2) is 4.39 Å². The Hall–Kier alpha value is -1.87. The monoisotopic (exact) mass is 277 g/mol. The second-order valence-corrected chi connectivity index (χ2v) is 4.74. The van der Waals surface area contributed by atoms with E-state index in [9.17, 15) is 9.18 Å². The maximum absolute atomic E-state index is 13.1. The van der Waals surface area contributed by atoms with Crippen molar-refractivity contribution >= 4 is 17.5 Å². The molecule has 0 unspecified atom stereocenters. The van der Waals surface area contributed by atoms with Crippen LogP contribution in [0.5, 0.6) is 0 Å². The van der Waals surface area contributed by atoms with Crippen molar-refractivity contribution in [3.8, 4) is 0 Å². The first-order valence-electron chi connectivity index (χ1n) is 5.82. The van der Waals surface area contributed by atoms with Gasteiger partial charge in [0.25, 0.3) is 5.91 Å². The maximum Gasteiger partial charge on any atom is 0.253 e. The Kier molecular flexibility index (Phi) is 4.17. The molecule has 0 aliphatic heterocycles. The van der Waals surface area contributed by atoms with Gasteiger partial charge in [-0.15, -0.1) is 0 Å². The zero-order valence-corrected chi connectivity index (χ0v) is 11.2. The van der Waals surface area contributed by atoms with Crippen LogP contribution in [0.2, 0.25) is 5.02 Å². The number of carbonyl (C=O) groups is 1. The number of hydrogen-bond donors (Lipinski definition) is 0. The van der Waals surface area contributed by atoms with Gasteiger partial charge < -0.3 is 4.90 Å². The summed E-state index contributed by atoms with van der Waals surface area (Å²) in [6.07, 6.45) is 0. The van der Waals surface area contributed by atoms with Crippen LogP contribution in [0.3, 0.4) is 0 Å². The number of rotatable bonds is 3. The fraction of sp³-hybridized carbons (Fsp3) is 0.133. The van der Waals surface area contributed by atoms with Crippen LogP contribution in [0.4, 0.5) is 4.39 Å². The molecule has 0 saturated heterocycles. The molecule has 0 spiro atoms. The van der Waals surface area contributed by atoms with Crippen LogP contribution in [-0.4, -0.2) is 17.9 Å². The molecule has 1 amide bonds. The van der Waals surface area contributed by atoms with E-state index in [2.05, 4.69) is 0 Å². The number of amides is 1. The van der Waals surface area contributed by atoms with E-state index in [1.54, 1.807) is 25.2 Å². The molecule has 0 radical (unpaired) electrons. The Morgan fingerprint density at radius 3 is 2.63 bits per heavy atom. The molecule has 0 heterocycles. The molecule has 0 saturated carbocycles. The number of benzene rings is 2. The molecule has 0 atom stereocenters. The van der Waals surface area contributed by atoms with E-state index in [1.165, 1.54) is 23.1 Å². The highest BCUT2D eigenvalue weighted by atomic mass is 35.5. The van der Waals surface area contributed by atoms with Crippen molar-refractivity contribution in [1.82, 2.24) is 4.90 Å². The van der Waals surface area contributed by atoms with Gasteiger partial charge in [0.1, 0.15) is 5.82 Å². The van der Waals surface area contributed by atoms with Crippen LogP contribution < -0.4 is 0 Å². The van der Waals surface area contributed by atoms with Gasteiger partial charge in [0.15, 0.2) is 0 Å². The van der Waals surface area contributed by atoms with Crippen LogP contribution in [-0.2, 0) is 6.54 Å². The Morgan fingerprint density at radius 1 is 1.21 bits per heavy atom. The molecule has 2 aromatic carbocycles. The summed E-state index contributed by atoms with van der Waals surface area (Å²) in [5.41, 5.74) is 1.27. The highest BCUT2D eigenvalue weighted by Gasteiger charge is 2.12. The van der Waals surface area contributed by atoms with Gasteiger partial charge in [0.05, 0.1) is 0 Å². The summed E-state index contributed by atoms with van der Waals surface area (Å²) >= 11 is 5.89. The minimum atomic E-state index is -0.415. The molecule has 4 heteroatoms. The third-order valence-electron chi connectivity index (χ3n) is 2.73. The predicted octanol–water partition coefficient (Wildman–Crippen LogP) is 3.75. The summed E-state index contributed by atoms with van der Waals surface area (Å²) < 4.78 is 13.1. The van der Waals surface area contributed by atoms with Crippen LogP contribution in [0, 0.1) is 5.82 Å². The van der Waals surface area contributed by atoms with Crippen LogP contribution in [0.15, 0.2) is 48.5 Å². The highest BCUT2D eigenvalue weighted by Crippen LogP contribution is 2.14. The molecule has 0 aliphatic carbocycles. The average Bonchev–Trinajstić information content (AvgIpc) is 2.38. The second-order valence-electron chi connectivity index (χ2n) is 4.30. The molecule has 19 heavy (non-hydrogen) atoms. The zero-order valence-electron chi connectivity index (χ0n) is 10.4. The van der Waals surface area contributed by atoms with Crippen molar-refractivity contribution in [2.24, 2.45) is 0 Å². The largest absolute Gasteiger partial charge is 0.337 e. The summed E-state index contributed by atoms with van der Waals surface area (Å²) in [5, 5.41) is 0.629. The molecule has 0 aliphatic rings. The van der Waals surface area contributed by atoms with Crippen molar-refractivity contribution in [1.29, 1.82) is 0 Å². The van der Waals surface area contributed by atoms with Crippen LogP contribution in [0.25, 0.3) is 0 Å². The predicted molar refractivity (Wildman–Crippen MR) is 73.6 cm³/mol. The number of nitrogens with zero attached hydrogens (tertiary/aromatic N) is 1. The molecule has 98 valence electrons. The Balaban J connectivity index is 2.12. The van der Waals surface area contributed by atoms with Crippen molar-refractivity contribution in [2.45, 2.75) is 6.54 Å². The number of hydrogen-bond acceptors (Lipinski definition) is 1. The van der Waals surface area contributed by atoms with Crippen molar-refractivity contribution in [2.75, 3.05) is 7.05 Å². The van der Waals surface area contributed by atoms with Crippen LogP contribution >= 0.6 is 11.6 Å². The Bertz CT molecular complexity index is 600. The third-order valence-corrected chi connectivity index (χ3v) is 2.96. The molecular weight excluding hydrogens is 265 g/mol. The maximum atomic E-state index is 13.1. The van der Waals surface area contributed by atoms with E-state index in [0.29, 0.717) is 17.1 Å². The lowest BCUT2D eigenvalue weighted by molar-refractivity contribution is 0.0784. The lowest BCUT2D eigenvalue weighted by Gasteiger charge is -2.17. The van der Waals surface area contributed by atoms with Crippen LogP contribution in [0.1, 0.15) is 15.9 Å². The summed E-state index contributed by atoms with van der Waals surface area (Å²) in [4.78, 5) is 13.6. The van der Waals surface area contributed by atoms with Gasteiger partial charge in [-0.3, -0.25) is 4.79 Å². The number of carbonyl (C=O) groups excluding carboxylic acids is 1. The molecule has 0 aromatic heterocycles. The van der Waals surface area contributed by atoms with Crippen molar-refractivity contribution in [3.05, 3.63) is 70.5 Å². The lowest BCUT2D eigenvalue weighted by atomic mass is 10.1. The topological polar surface area (TPSA) is 20.3 Å². The lowest BCUT2D eigenvalue weighted by Crippen LogP contribution is -2.26. The normalized spacial score (nSPS) is 10.3. The van der Waals surface area contributed by atoms with E-state index in [0.717, 1.165) is 5.56 Å². The van der Waals surface area contributed by atoms with Gasteiger partial charge >= 0.3 is 0 Å². The summed E-state index contributed by atoms with van der Waals surface area (Å²) in [6.45, 7) is 0.426. The Morgan fingerprint density at radius 2 is 1.95 bits per heavy atom. The average molecular weight is 278 g/mol. The minimum absolute atomic E-state index is 0.223. The van der Waals surface area contributed by atoms with E-state index in [1.807, 2.05) is 12.1 Å². The number of halogens is 2. The fourth-order valence-corrected chi connectivity index (χ4v) is 2.04. The first-order chi connectivity index (χ1) is 9.06. The van der Waals surface area contributed by atoms with Gasteiger partial charge in [-0.2, -0.15) is 0 Å². The summed E-state index contributed by atoms with van der Waals surface area (Å²) in [7, 11) is 1.67. The van der Waals surface area contributed by atoms with Crippen molar-refractivity contribution in [3.63, 3.8) is 0 Å². The van der Waals surface area contributed by atoms with Gasteiger partial charge in [0.2, 0.25) is 0 Å². The van der Waals surface area contributed by atoms with E-state index in [4.69, 9.17) is 11.6 Å². The molecule has 2 rings (SSSR count). The van der Waals surface area contributed by atoms with E-state index < -0.39 is 5.82 Å². The summed E-state index contributed by atoms with van der Waals surface area (Å²) in [6, 6.07) is 13.0. The second kappa shape index (κ2) is 5.85. The molecule has 2 aromatic rings. The van der Waals surface area contributed by atoms with E-state index in [-0.39, 0.29) is 5.91 Å². The standard InChI is InChI=1S/C15H13ClFNO/c1-18(10-11-4-2-6-13(16)8-11)15(19)12-5-3-7-14(17)9-12/h2-9H,10H2,1H3. The third kappa shape index (κ3) is 3.55. The minimum Gasteiger partial charge on any atom is -0.337 e. The summed E-state index contributed by atoms with van der Waals surface area (Å²) in [5.74, 6) is -0.638. The fourth-order valence-electron chi connectivity index (χ4n) is 1.82. The zero-order chi connectivity index (χ0) is 13.8. The van der Waals surface area contributed by atoms with Gasteiger partial charge in [0, 0.05) is 24.2 Å². The smallest absolute Gasteiger partial charge is 0.253 e. The Labute approximate surface area is 116 Å². The first kappa shape index (κ1) is 13.6. The molecule has 0 N–H and O–H groups in total. The quantitative estimate of drug-likeness (QED) is 0.837. The van der Waals surface area contributed by atoms with Gasteiger partial charge in [-0.05, 0) is 35.9 Å². The molecule has 2 nitrogen and oxygen atoms in total. The molecular formula is C15H13ClFNO. The van der Waals surface area contributed by atoms with Crippen molar-refractivity contribution < 1.29 is 9.18 Å². The highest BCUT2D eigenvalue weighted by molar-refractivity contribution is 6.30. The first-order valence-corrected chi connectivity index (χ1v) is 6.19. The van der Waals surface area contributed by atoms with Gasteiger partial charge in [-0.1, -0.05) is 29.8 Å². The molecule has 0 bridgehead atoms. The van der Waals surface area contributed by atoms with E-state index >= 15 is 0 Å². The molecule has 0 fully saturated rings. The SMILES string of the molecule is CN(Cc1cccc(Cl)c1)C(=O)c1cccc(F)c1.